The molecule has 0 aromatic heterocycles. The molecule has 12 heteroatoms. The van der Waals surface area contributed by atoms with Crippen molar-refractivity contribution in [1.82, 2.24) is 0 Å². The Kier molecular flexibility index (Phi) is 5.01. The molecule has 0 amide bonds. The van der Waals surface area contributed by atoms with Gasteiger partial charge in [0.1, 0.15) is 0 Å². The summed E-state index contributed by atoms with van der Waals surface area (Å²) in [4.78, 5) is 11.2. The van der Waals surface area contributed by atoms with E-state index in [1.54, 1.807) is 0 Å². The van der Waals surface area contributed by atoms with E-state index in [1.807, 2.05) is 0 Å². The van der Waals surface area contributed by atoms with Crippen molar-refractivity contribution in [3.8, 4) is 0 Å². The molecule has 1 aliphatic heterocycles. The van der Waals surface area contributed by atoms with Crippen molar-refractivity contribution in [2.75, 3.05) is 0 Å². The normalized spacial score (nSPS) is 33.8. The third-order valence-electron chi connectivity index (χ3n) is 3.61. The van der Waals surface area contributed by atoms with Crippen molar-refractivity contribution in [3.63, 3.8) is 0 Å². The van der Waals surface area contributed by atoms with Crippen LogP contribution in [0.5, 0.6) is 0 Å². The Bertz CT molecular complexity index is 514. The van der Waals surface area contributed by atoms with Gasteiger partial charge in [0.25, 0.3) is 0 Å². The second kappa shape index (κ2) is 5.83. The number of halogens is 8. The fourth-order valence-corrected chi connectivity index (χ4v) is 2.26. The van der Waals surface area contributed by atoms with E-state index < -0.39 is 54.6 Å². The monoisotopic (exact) mass is 372 g/mol. The highest BCUT2D eigenvalue weighted by Gasteiger charge is 2.83. The van der Waals surface area contributed by atoms with Crippen LogP contribution in [-0.4, -0.2) is 46.8 Å². The molecule has 1 heterocycles. The number of carbonyl (C=O) groups excluding carboxylic acids is 1. The lowest BCUT2D eigenvalue weighted by molar-refractivity contribution is -0.497. The molecule has 140 valence electrons. The van der Waals surface area contributed by atoms with Gasteiger partial charge in [-0.1, -0.05) is 13.5 Å². The lowest BCUT2D eigenvalue weighted by atomic mass is 9.78. The minimum atomic E-state index is -6.30. The van der Waals surface area contributed by atoms with Gasteiger partial charge in [0, 0.05) is 12.5 Å². The maximum Gasteiger partial charge on any atom is 0.449 e. The third kappa shape index (κ3) is 2.96. The molecule has 0 aromatic rings. The lowest BCUT2D eigenvalue weighted by Gasteiger charge is -2.52. The van der Waals surface area contributed by atoms with Gasteiger partial charge in [-0.15, -0.1) is 0 Å². The van der Waals surface area contributed by atoms with Crippen molar-refractivity contribution < 1.29 is 54.5 Å². The van der Waals surface area contributed by atoms with Crippen LogP contribution in [0.1, 0.15) is 19.8 Å². The molecular formula is C12H12F8O4. The third-order valence-corrected chi connectivity index (χ3v) is 3.61. The molecule has 1 saturated heterocycles. The molecule has 4 nitrogen and oxygen atoms in total. The fourth-order valence-electron chi connectivity index (χ4n) is 2.26. The van der Waals surface area contributed by atoms with Gasteiger partial charge in [-0.3, -0.25) is 0 Å². The first-order valence-electron chi connectivity index (χ1n) is 6.35. The highest BCUT2D eigenvalue weighted by Crippen LogP contribution is 2.57. The van der Waals surface area contributed by atoms with Crippen molar-refractivity contribution in [2.24, 2.45) is 0 Å². The number of alkyl halides is 8. The maximum atomic E-state index is 14.4. The summed E-state index contributed by atoms with van der Waals surface area (Å²) < 4.78 is 113. The van der Waals surface area contributed by atoms with E-state index >= 15 is 0 Å². The first-order valence-corrected chi connectivity index (χ1v) is 6.35. The van der Waals surface area contributed by atoms with Crippen LogP contribution in [0, 0.1) is 0 Å². The van der Waals surface area contributed by atoms with Crippen molar-refractivity contribution >= 4 is 5.97 Å². The Labute approximate surface area is 130 Å². The average Bonchev–Trinajstić information content (AvgIpc) is 2.41. The van der Waals surface area contributed by atoms with E-state index in [1.165, 1.54) is 0 Å². The number of ether oxygens (including phenoxy) is 2. The minimum absolute atomic E-state index is 0.290. The molecule has 1 fully saturated rings. The topological polar surface area (TPSA) is 55.8 Å². The maximum absolute atomic E-state index is 14.4. The quantitative estimate of drug-likeness (QED) is 0.470. The zero-order chi connectivity index (χ0) is 19.2. The standard InChI is InChI=1S/C12H12F8O4/c1-3-7(21)24-8(4-2)5-6(9(13,14)15)23-11(22,10(8,16)17)12(18,19)20/h3,6,22H,1,4-5H2,2H3. The van der Waals surface area contributed by atoms with Crippen molar-refractivity contribution in [2.45, 2.75) is 55.5 Å². The summed E-state index contributed by atoms with van der Waals surface area (Å²) in [5, 5.41) is 9.31. The summed E-state index contributed by atoms with van der Waals surface area (Å²) in [5.74, 6) is -12.6. The zero-order valence-corrected chi connectivity index (χ0v) is 12.0. The first-order chi connectivity index (χ1) is 10.6. The van der Waals surface area contributed by atoms with Crippen LogP contribution < -0.4 is 0 Å². The van der Waals surface area contributed by atoms with Gasteiger partial charge in [-0.2, -0.15) is 35.1 Å². The van der Waals surface area contributed by atoms with Gasteiger partial charge in [0.15, 0.2) is 11.7 Å². The molecule has 0 saturated carbocycles. The van der Waals surface area contributed by atoms with Crippen molar-refractivity contribution in [3.05, 3.63) is 12.7 Å². The second-order valence-corrected chi connectivity index (χ2v) is 5.04. The van der Waals surface area contributed by atoms with Gasteiger partial charge in [-0.25, -0.2) is 4.79 Å². The molecule has 3 unspecified atom stereocenters. The second-order valence-electron chi connectivity index (χ2n) is 5.04. The average molecular weight is 372 g/mol. The number of rotatable bonds is 3. The van der Waals surface area contributed by atoms with Gasteiger partial charge >= 0.3 is 30.0 Å². The van der Waals surface area contributed by atoms with Crippen LogP contribution in [0.4, 0.5) is 35.1 Å². The Balaban J connectivity index is 3.60. The number of aliphatic hydroxyl groups is 1. The molecule has 1 N–H and O–H groups in total. The summed E-state index contributed by atoms with van der Waals surface area (Å²) in [6, 6.07) is 0. The van der Waals surface area contributed by atoms with Crippen LogP contribution in [0.3, 0.4) is 0 Å². The molecule has 24 heavy (non-hydrogen) atoms. The van der Waals surface area contributed by atoms with Crippen LogP contribution in [0.15, 0.2) is 12.7 Å². The van der Waals surface area contributed by atoms with Gasteiger partial charge in [-0.05, 0) is 6.42 Å². The van der Waals surface area contributed by atoms with Crippen LogP contribution in [0.2, 0.25) is 0 Å². The molecule has 0 aromatic carbocycles. The number of hydrogen-bond acceptors (Lipinski definition) is 4. The number of hydrogen-bond donors (Lipinski definition) is 1. The van der Waals surface area contributed by atoms with Crippen LogP contribution >= 0.6 is 0 Å². The SMILES string of the molecule is C=CC(=O)OC1(CC)CC(C(F)(F)F)OC(O)(C(F)(F)F)C1(F)F. The molecule has 0 spiro atoms. The van der Waals surface area contributed by atoms with Crippen LogP contribution in [-0.2, 0) is 14.3 Å². The zero-order valence-electron chi connectivity index (χ0n) is 12.0. The van der Waals surface area contributed by atoms with Crippen molar-refractivity contribution in [1.29, 1.82) is 0 Å². The largest absolute Gasteiger partial charge is 0.449 e. The lowest BCUT2D eigenvalue weighted by Crippen LogP contribution is -2.76. The minimum Gasteiger partial charge on any atom is -0.449 e. The smallest absolute Gasteiger partial charge is 0.449 e. The fraction of sp³-hybridized carbons (Fsp3) is 0.750. The summed E-state index contributed by atoms with van der Waals surface area (Å²) in [6.07, 6.45) is -18.0. The summed E-state index contributed by atoms with van der Waals surface area (Å²) in [5.41, 5.74) is -3.61. The van der Waals surface area contributed by atoms with Gasteiger partial charge in [0.2, 0.25) is 0 Å². The van der Waals surface area contributed by atoms with Gasteiger partial charge in [0.05, 0.1) is 0 Å². The Morgan fingerprint density at radius 1 is 1.33 bits per heavy atom. The van der Waals surface area contributed by atoms with Crippen LogP contribution in [0.25, 0.3) is 0 Å². The Hall–Kier alpha value is -1.43. The molecule has 3 atom stereocenters. The summed E-state index contributed by atoms with van der Waals surface area (Å²) in [6.45, 7) is 3.61. The molecule has 1 aliphatic rings. The summed E-state index contributed by atoms with van der Waals surface area (Å²) >= 11 is 0. The molecule has 0 radical (unpaired) electrons. The number of carbonyl (C=O) groups is 1. The predicted molar refractivity (Wildman–Crippen MR) is 60.8 cm³/mol. The van der Waals surface area contributed by atoms with E-state index in [9.17, 15) is 45.0 Å². The Morgan fingerprint density at radius 3 is 2.17 bits per heavy atom. The van der Waals surface area contributed by atoms with E-state index in [0.717, 1.165) is 6.92 Å². The van der Waals surface area contributed by atoms with E-state index in [0.29, 0.717) is 0 Å². The summed E-state index contributed by atoms with van der Waals surface area (Å²) in [7, 11) is 0. The molecular weight excluding hydrogens is 360 g/mol. The van der Waals surface area contributed by atoms with Gasteiger partial charge < -0.3 is 14.6 Å². The molecule has 0 bridgehead atoms. The highest BCUT2D eigenvalue weighted by atomic mass is 19.4. The Morgan fingerprint density at radius 2 is 1.83 bits per heavy atom. The van der Waals surface area contributed by atoms with E-state index in [2.05, 4.69) is 16.1 Å². The molecule has 0 aliphatic carbocycles. The molecule has 1 rings (SSSR count). The predicted octanol–water partition coefficient (Wildman–Crippen LogP) is 3.10. The highest BCUT2D eigenvalue weighted by molar-refractivity contribution is 5.81. The first kappa shape index (κ1) is 20.6. The van der Waals surface area contributed by atoms with E-state index in [-0.39, 0.29) is 6.08 Å². The van der Waals surface area contributed by atoms with E-state index in [4.69, 9.17) is 0 Å². The number of esters is 1.